The molecule has 1 aliphatic rings. The molecule has 1 fully saturated rings. The Morgan fingerprint density at radius 3 is 2.78 bits per heavy atom. The lowest BCUT2D eigenvalue weighted by molar-refractivity contribution is 0.0912. The summed E-state index contributed by atoms with van der Waals surface area (Å²) in [7, 11) is 1.79. The van der Waals surface area contributed by atoms with E-state index >= 15 is 0 Å². The molecule has 0 radical (unpaired) electrons. The second-order valence-corrected chi connectivity index (χ2v) is 5.78. The first kappa shape index (κ1) is 13.6. The molecule has 0 saturated heterocycles. The van der Waals surface area contributed by atoms with Crippen molar-refractivity contribution >= 4 is 21.8 Å². The fourth-order valence-electron chi connectivity index (χ4n) is 2.61. The standard InChI is InChI=1S/C13H20BrN3O/c1-17-11(5-8-16-17)12(18)15-10-13(9-14)6-3-2-4-7-13/h5,8H,2-4,6-7,9-10H2,1H3,(H,15,18). The van der Waals surface area contributed by atoms with Gasteiger partial charge in [0.1, 0.15) is 5.69 Å². The van der Waals surface area contributed by atoms with Gasteiger partial charge >= 0.3 is 0 Å². The molecule has 0 aliphatic heterocycles. The van der Waals surface area contributed by atoms with Crippen LogP contribution in [0.3, 0.4) is 0 Å². The highest BCUT2D eigenvalue weighted by Crippen LogP contribution is 2.37. The molecule has 4 nitrogen and oxygen atoms in total. The minimum absolute atomic E-state index is 0.0269. The smallest absolute Gasteiger partial charge is 0.269 e. The summed E-state index contributed by atoms with van der Waals surface area (Å²) in [5.41, 5.74) is 0.863. The monoisotopic (exact) mass is 313 g/mol. The van der Waals surface area contributed by atoms with Crippen LogP contribution in [0, 0.1) is 5.41 Å². The number of aromatic nitrogens is 2. The van der Waals surface area contributed by atoms with Crippen LogP contribution in [0.15, 0.2) is 12.3 Å². The molecule has 1 aromatic heterocycles. The zero-order valence-corrected chi connectivity index (χ0v) is 12.4. The van der Waals surface area contributed by atoms with Gasteiger partial charge < -0.3 is 5.32 Å². The molecule has 5 heteroatoms. The van der Waals surface area contributed by atoms with E-state index in [1.807, 2.05) is 0 Å². The summed E-state index contributed by atoms with van der Waals surface area (Å²) in [5, 5.41) is 8.04. The predicted octanol–water partition coefficient (Wildman–Crippen LogP) is 2.50. The zero-order chi connectivity index (χ0) is 13.0. The third-order valence-electron chi connectivity index (χ3n) is 3.88. The van der Waals surface area contributed by atoms with Crippen LogP contribution >= 0.6 is 15.9 Å². The topological polar surface area (TPSA) is 46.9 Å². The first-order valence-electron chi connectivity index (χ1n) is 6.49. The molecule has 2 rings (SSSR count). The van der Waals surface area contributed by atoms with E-state index in [9.17, 15) is 4.79 Å². The number of hydrogen-bond acceptors (Lipinski definition) is 2. The Kier molecular flexibility index (Phi) is 4.43. The first-order valence-corrected chi connectivity index (χ1v) is 7.61. The minimum Gasteiger partial charge on any atom is -0.350 e. The van der Waals surface area contributed by atoms with E-state index in [4.69, 9.17) is 0 Å². The SMILES string of the molecule is Cn1nccc1C(=O)NCC1(CBr)CCCCC1. The van der Waals surface area contributed by atoms with Crippen LogP contribution in [-0.2, 0) is 7.05 Å². The van der Waals surface area contributed by atoms with Crippen LogP contribution in [0.2, 0.25) is 0 Å². The van der Waals surface area contributed by atoms with E-state index in [0.29, 0.717) is 5.69 Å². The van der Waals surface area contributed by atoms with Gasteiger partial charge in [0.2, 0.25) is 0 Å². The normalized spacial score (nSPS) is 18.6. The van der Waals surface area contributed by atoms with Crippen molar-refractivity contribution in [2.75, 3.05) is 11.9 Å². The maximum atomic E-state index is 12.0. The predicted molar refractivity (Wildman–Crippen MR) is 74.9 cm³/mol. The number of nitrogens with zero attached hydrogens (tertiary/aromatic N) is 2. The van der Waals surface area contributed by atoms with Gasteiger partial charge in [0.25, 0.3) is 5.91 Å². The molecule has 0 bridgehead atoms. The van der Waals surface area contributed by atoms with Gasteiger partial charge in [0.05, 0.1) is 0 Å². The van der Waals surface area contributed by atoms with E-state index in [-0.39, 0.29) is 11.3 Å². The molecule has 18 heavy (non-hydrogen) atoms. The van der Waals surface area contributed by atoms with E-state index in [1.54, 1.807) is 24.0 Å². The molecule has 0 spiro atoms. The van der Waals surface area contributed by atoms with Crippen molar-refractivity contribution in [3.05, 3.63) is 18.0 Å². The summed E-state index contributed by atoms with van der Waals surface area (Å²) >= 11 is 3.61. The van der Waals surface area contributed by atoms with Crippen LogP contribution in [0.4, 0.5) is 0 Å². The van der Waals surface area contributed by atoms with Crippen LogP contribution in [0.5, 0.6) is 0 Å². The highest BCUT2D eigenvalue weighted by molar-refractivity contribution is 9.09. The van der Waals surface area contributed by atoms with Gasteiger partial charge in [0, 0.05) is 25.1 Å². The van der Waals surface area contributed by atoms with Crippen LogP contribution in [0.1, 0.15) is 42.6 Å². The molecular weight excluding hydrogens is 294 g/mol. The van der Waals surface area contributed by atoms with Crippen molar-refractivity contribution < 1.29 is 4.79 Å². The van der Waals surface area contributed by atoms with E-state index in [0.717, 1.165) is 11.9 Å². The largest absolute Gasteiger partial charge is 0.350 e. The summed E-state index contributed by atoms with van der Waals surface area (Å²) < 4.78 is 1.61. The number of halogens is 1. The molecule has 0 aromatic carbocycles. The number of carbonyl (C=O) groups excluding carboxylic acids is 1. The molecule has 1 heterocycles. The number of hydrogen-bond donors (Lipinski definition) is 1. The molecular formula is C13H20BrN3O. The lowest BCUT2D eigenvalue weighted by atomic mass is 9.75. The van der Waals surface area contributed by atoms with Crippen molar-refractivity contribution in [3.8, 4) is 0 Å². The van der Waals surface area contributed by atoms with Crippen molar-refractivity contribution in [1.29, 1.82) is 0 Å². The van der Waals surface area contributed by atoms with Crippen LogP contribution in [-0.4, -0.2) is 27.6 Å². The average molecular weight is 314 g/mol. The maximum absolute atomic E-state index is 12.0. The number of alkyl halides is 1. The Balaban J connectivity index is 1.94. The third-order valence-corrected chi connectivity index (χ3v) is 5.06. The van der Waals surface area contributed by atoms with Gasteiger partial charge in [-0.1, -0.05) is 35.2 Å². The molecule has 1 saturated carbocycles. The van der Waals surface area contributed by atoms with Gasteiger partial charge in [-0.3, -0.25) is 9.48 Å². The second-order valence-electron chi connectivity index (χ2n) is 5.22. The molecule has 1 N–H and O–H groups in total. The van der Waals surface area contributed by atoms with Crippen LogP contribution in [0.25, 0.3) is 0 Å². The Hall–Kier alpha value is -0.840. The Morgan fingerprint density at radius 1 is 1.50 bits per heavy atom. The number of aryl methyl sites for hydroxylation is 1. The Morgan fingerprint density at radius 2 is 2.22 bits per heavy atom. The zero-order valence-electron chi connectivity index (χ0n) is 10.8. The summed E-state index contributed by atoms with van der Waals surface area (Å²) in [5.74, 6) is -0.0269. The van der Waals surface area contributed by atoms with Crippen molar-refractivity contribution in [2.45, 2.75) is 32.1 Å². The molecule has 100 valence electrons. The van der Waals surface area contributed by atoms with Crippen LogP contribution < -0.4 is 5.32 Å². The number of amides is 1. The number of carbonyl (C=O) groups is 1. The fourth-order valence-corrected chi connectivity index (χ4v) is 3.37. The molecule has 1 amide bonds. The van der Waals surface area contributed by atoms with Crippen molar-refractivity contribution in [3.63, 3.8) is 0 Å². The van der Waals surface area contributed by atoms with Crippen molar-refractivity contribution in [2.24, 2.45) is 12.5 Å². The molecule has 0 unspecified atom stereocenters. The lowest BCUT2D eigenvalue weighted by Crippen LogP contribution is -2.40. The Labute approximate surface area is 116 Å². The maximum Gasteiger partial charge on any atom is 0.269 e. The van der Waals surface area contributed by atoms with E-state index in [1.165, 1.54) is 32.1 Å². The minimum atomic E-state index is -0.0269. The van der Waals surface area contributed by atoms with Gasteiger partial charge in [-0.25, -0.2) is 0 Å². The second kappa shape index (κ2) is 5.87. The summed E-state index contributed by atoms with van der Waals surface area (Å²) in [6.45, 7) is 0.752. The average Bonchev–Trinajstić information content (AvgIpc) is 2.83. The summed E-state index contributed by atoms with van der Waals surface area (Å²) in [6, 6.07) is 1.75. The molecule has 1 aromatic rings. The van der Waals surface area contributed by atoms with Crippen molar-refractivity contribution in [1.82, 2.24) is 15.1 Å². The number of rotatable bonds is 4. The fraction of sp³-hybridized carbons (Fsp3) is 0.692. The highest BCUT2D eigenvalue weighted by atomic mass is 79.9. The van der Waals surface area contributed by atoms with Gasteiger partial charge in [-0.05, 0) is 24.3 Å². The highest BCUT2D eigenvalue weighted by Gasteiger charge is 2.31. The van der Waals surface area contributed by atoms with E-state index in [2.05, 4.69) is 26.3 Å². The van der Waals surface area contributed by atoms with Gasteiger partial charge in [-0.2, -0.15) is 5.10 Å². The summed E-state index contributed by atoms with van der Waals surface area (Å²) in [4.78, 5) is 12.0. The Bertz CT molecular complexity index is 410. The quantitative estimate of drug-likeness (QED) is 0.868. The van der Waals surface area contributed by atoms with Gasteiger partial charge in [-0.15, -0.1) is 0 Å². The summed E-state index contributed by atoms with van der Waals surface area (Å²) in [6.07, 6.45) is 7.91. The third kappa shape index (κ3) is 2.94. The molecule has 1 aliphatic carbocycles. The van der Waals surface area contributed by atoms with E-state index < -0.39 is 0 Å². The number of nitrogens with one attached hydrogen (secondary N) is 1. The lowest BCUT2D eigenvalue weighted by Gasteiger charge is -2.35. The van der Waals surface area contributed by atoms with Gasteiger partial charge in [0.15, 0.2) is 0 Å². The first-order chi connectivity index (χ1) is 8.67. The molecule has 0 atom stereocenters.